The Morgan fingerprint density at radius 3 is 2.48 bits per heavy atom. The lowest BCUT2D eigenvalue weighted by Crippen LogP contribution is -2.23. The number of benzene rings is 2. The molecule has 1 amide bonds. The highest BCUT2D eigenvalue weighted by Gasteiger charge is 2.23. The third kappa shape index (κ3) is 3.07. The van der Waals surface area contributed by atoms with E-state index in [0.29, 0.717) is 24.5 Å². The Balaban J connectivity index is 1.53. The average Bonchev–Trinajstić information content (AvgIpc) is 3.23. The van der Waals surface area contributed by atoms with Crippen LogP contribution in [0.5, 0.6) is 0 Å². The van der Waals surface area contributed by atoms with Crippen molar-refractivity contribution in [2.75, 3.05) is 22.8 Å². The van der Waals surface area contributed by atoms with E-state index in [1.807, 2.05) is 6.07 Å². The van der Waals surface area contributed by atoms with Crippen LogP contribution >= 0.6 is 0 Å². The zero-order valence-electron chi connectivity index (χ0n) is 13.6. The predicted molar refractivity (Wildman–Crippen MR) is 94.4 cm³/mol. The van der Waals surface area contributed by atoms with Gasteiger partial charge in [-0.1, -0.05) is 6.07 Å². The minimum atomic E-state index is -3.63. The van der Waals surface area contributed by atoms with Gasteiger partial charge in [-0.05, 0) is 66.8 Å². The van der Waals surface area contributed by atoms with E-state index < -0.39 is 10.0 Å². The maximum atomic E-state index is 12.6. The number of cyclic esters (lactones) is 1. The van der Waals surface area contributed by atoms with Gasteiger partial charge in [0.05, 0.1) is 11.4 Å². The van der Waals surface area contributed by atoms with Crippen LogP contribution in [-0.4, -0.2) is 27.7 Å². The Labute approximate surface area is 146 Å². The van der Waals surface area contributed by atoms with Crippen molar-refractivity contribution >= 4 is 27.5 Å². The Morgan fingerprint density at radius 2 is 1.76 bits per heavy atom. The predicted octanol–water partition coefficient (Wildman–Crippen LogP) is 2.93. The number of sulfonamides is 1. The van der Waals surface area contributed by atoms with Crippen LogP contribution in [0.4, 0.5) is 16.2 Å². The van der Waals surface area contributed by atoms with Crippen LogP contribution in [0.25, 0.3) is 0 Å². The van der Waals surface area contributed by atoms with Crippen molar-refractivity contribution in [1.29, 1.82) is 0 Å². The van der Waals surface area contributed by atoms with Crippen LogP contribution in [0.1, 0.15) is 17.5 Å². The quantitative estimate of drug-likeness (QED) is 0.912. The fourth-order valence-electron chi connectivity index (χ4n) is 3.27. The molecule has 0 aromatic heterocycles. The maximum Gasteiger partial charge on any atom is 0.414 e. The molecule has 0 unspecified atom stereocenters. The summed E-state index contributed by atoms with van der Waals surface area (Å²) < 4.78 is 32.7. The van der Waals surface area contributed by atoms with Crippen LogP contribution < -0.4 is 9.62 Å². The van der Waals surface area contributed by atoms with Crippen LogP contribution in [0, 0.1) is 0 Å². The molecule has 130 valence electrons. The molecular formula is C18H18N2O4S. The molecule has 2 aliphatic rings. The number of carbonyl (C=O) groups excluding carboxylic acids is 1. The smallest absolute Gasteiger partial charge is 0.414 e. The van der Waals surface area contributed by atoms with Gasteiger partial charge in [-0.15, -0.1) is 0 Å². The second-order valence-corrected chi connectivity index (χ2v) is 7.88. The number of nitrogens with one attached hydrogen (secondary N) is 1. The van der Waals surface area contributed by atoms with Crippen molar-refractivity contribution in [3.8, 4) is 0 Å². The first-order valence-electron chi connectivity index (χ1n) is 8.22. The number of rotatable bonds is 4. The van der Waals surface area contributed by atoms with E-state index in [1.54, 1.807) is 36.4 Å². The van der Waals surface area contributed by atoms with Gasteiger partial charge < -0.3 is 4.74 Å². The van der Waals surface area contributed by atoms with Gasteiger partial charge in [-0.3, -0.25) is 9.62 Å². The first-order chi connectivity index (χ1) is 12.0. The van der Waals surface area contributed by atoms with E-state index in [2.05, 4.69) is 4.72 Å². The van der Waals surface area contributed by atoms with E-state index in [4.69, 9.17) is 4.74 Å². The Bertz CT molecular complexity index is 923. The molecule has 1 aliphatic carbocycles. The minimum absolute atomic E-state index is 0.278. The summed E-state index contributed by atoms with van der Waals surface area (Å²) in [7, 11) is -3.63. The molecule has 6 nitrogen and oxygen atoms in total. The molecule has 1 aliphatic heterocycles. The summed E-state index contributed by atoms with van der Waals surface area (Å²) in [4.78, 5) is 13.3. The molecule has 0 atom stereocenters. The van der Waals surface area contributed by atoms with Crippen molar-refractivity contribution in [2.45, 2.75) is 24.2 Å². The number of fused-ring (bicyclic) bond motifs is 1. The van der Waals surface area contributed by atoms with Crippen molar-refractivity contribution in [2.24, 2.45) is 0 Å². The van der Waals surface area contributed by atoms with Crippen molar-refractivity contribution in [3.05, 3.63) is 53.6 Å². The monoisotopic (exact) mass is 358 g/mol. The second kappa shape index (κ2) is 6.07. The van der Waals surface area contributed by atoms with Crippen LogP contribution in [0.2, 0.25) is 0 Å². The molecule has 25 heavy (non-hydrogen) atoms. The highest BCUT2D eigenvalue weighted by molar-refractivity contribution is 7.92. The lowest BCUT2D eigenvalue weighted by Gasteiger charge is -2.14. The number of hydrogen-bond acceptors (Lipinski definition) is 4. The molecule has 2 aromatic carbocycles. The fraction of sp³-hybridized carbons (Fsp3) is 0.278. The normalized spacial score (nSPS) is 16.6. The highest BCUT2D eigenvalue weighted by Crippen LogP contribution is 2.27. The minimum Gasteiger partial charge on any atom is -0.447 e. The largest absolute Gasteiger partial charge is 0.447 e. The maximum absolute atomic E-state index is 12.6. The lowest BCUT2D eigenvalue weighted by atomic mass is 10.1. The number of carbonyl (C=O) groups is 1. The molecule has 0 saturated carbocycles. The number of nitrogens with zero attached hydrogens (tertiary/aromatic N) is 1. The fourth-order valence-corrected chi connectivity index (χ4v) is 4.38. The first-order valence-corrected chi connectivity index (χ1v) is 9.70. The van der Waals surface area contributed by atoms with Gasteiger partial charge in [0.15, 0.2) is 0 Å². The molecule has 1 fully saturated rings. The van der Waals surface area contributed by atoms with Gasteiger partial charge in [0.25, 0.3) is 10.0 Å². The molecule has 0 radical (unpaired) electrons. The first kappa shape index (κ1) is 16.0. The topological polar surface area (TPSA) is 75.7 Å². The summed E-state index contributed by atoms with van der Waals surface area (Å²) in [5.41, 5.74) is 3.49. The van der Waals surface area contributed by atoms with Gasteiger partial charge in [0.1, 0.15) is 6.61 Å². The summed E-state index contributed by atoms with van der Waals surface area (Å²) in [5, 5.41) is 0. The molecule has 0 bridgehead atoms. The highest BCUT2D eigenvalue weighted by atomic mass is 32.2. The molecule has 2 aromatic rings. The Hall–Kier alpha value is -2.54. The van der Waals surface area contributed by atoms with Gasteiger partial charge in [0, 0.05) is 11.4 Å². The van der Waals surface area contributed by atoms with E-state index in [0.717, 1.165) is 24.8 Å². The summed E-state index contributed by atoms with van der Waals surface area (Å²) >= 11 is 0. The number of ether oxygens (including phenoxy) is 1. The number of amides is 1. The second-order valence-electron chi connectivity index (χ2n) is 6.20. The van der Waals surface area contributed by atoms with Gasteiger partial charge in [-0.25, -0.2) is 13.2 Å². The van der Waals surface area contributed by atoms with Crippen LogP contribution in [0.15, 0.2) is 47.4 Å². The molecule has 7 heteroatoms. The average molecular weight is 358 g/mol. The molecule has 0 spiro atoms. The van der Waals surface area contributed by atoms with Gasteiger partial charge in [-0.2, -0.15) is 0 Å². The third-order valence-corrected chi connectivity index (χ3v) is 5.95. The van der Waals surface area contributed by atoms with Crippen molar-refractivity contribution in [3.63, 3.8) is 0 Å². The van der Waals surface area contributed by atoms with E-state index in [-0.39, 0.29) is 11.0 Å². The molecule has 1 heterocycles. The van der Waals surface area contributed by atoms with Crippen molar-refractivity contribution < 1.29 is 17.9 Å². The standard InChI is InChI=1S/C18H18N2O4S/c21-18-20(10-11-24-18)16-7-5-15(6-8-16)19-25(22,23)17-9-4-13-2-1-3-14(13)12-17/h4-9,12,19H,1-3,10-11H2. The number of anilines is 2. The third-order valence-electron chi connectivity index (χ3n) is 4.57. The van der Waals surface area contributed by atoms with Gasteiger partial charge in [0.2, 0.25) is 0 Å². The summed E-state index contributed by atoms with van der Waals surface area (Å²) in [5.74, 6) is 0. The number of hydrogen-bond donors (Lipinski definition) is 1. The lowest BCUT2D eigenvalue weighted by molar-refractivity contribution is 0.181. The SMILES string of the molecule is O=C1OCCN1c1ccc(NS(=O)(=O)c2ccc3c(c2)CCC3)cc1. The number of aryl methyl sites for hydroxylation is 2. The Morgan fingerprint density at radius 1 is 1.00 bits per heavy atom. The van der Waals surface area contributed by atoms with Crippen LogP contribution in [-0.2, 0) is 27.6 Å². The van der Waals surface area contributed by atoms with Crippen LogP contribution in [0.3, 0.4) is 0 Å². The molecule has 1 N–H and O–H groups in total. The van der Waals surface area contributed by atoms with E-state index >= 15 is 0 Å². The van der Waals surface area contributed by atoms with Crippen molar-refractivity contribution in [1.82, 2.24) is 0 Å². The molecule has 1 saturated heterocycles. The summed E-state index contributed by atoms with van der Waals surface area (Å²) in [6.07, 6.45) is 2.64. The molecule has 4 rings (SSSR count). The van der Waals surface area contributed by atoms with Gasteiger partial charge >= 0.3 is 6.09 Å². The zero-order valence-corrected chi connectivity index (χ0v) is 14.4. The van der Waals surface area contributed by atoms with E-state index in [1.165, 1.54) is 10.5 Å². The Kier molecular flexibility index (Phi) is 3.88. The van der Waals surface area contributed by atoms with E-state index in [9.17, 15) is 13.2 Å². The summed E-state index contributed by atoms with van der Waals surface area (Å²) in [6, 6.07) is 12.0. The molecular weight excluding hydrogens is 340 g/mol. The zero-order chi connectivity index (χ0) is 17.4. The summed E-state index contributed by atoms with van der Waals surface area (Å²) in [6.45, 7) is 0.866.